The van der Waals surface area contributed by atoms with Crippen LogP contribution in [0.15, 0.2) is 28.7 Å². The van der Waals surface area contributed by atoms with Gasteiger partial charge >= 0.3 is 0 Å². The van der Waals surface area contributed by atoms with Crippen LogP contribution < -0.4 is 11.1 Å². The summed E-state index contributed by atoms with van der Waals surface area (Å²) in [5, 5.41) is 3.62. The number of para-hydroxylation sites is 1. The normalized spacial score (nSPS) is 27.9. The fourth-order valence-electron chi connectivity index (χ4n) is 2.58. The first kappa shape index (κ1) is 12.9. The number of rotatable bonds is 4. The van der Waals surface area contributed by atoms with Gasteiger partial charge in [0.05, 0.1) is 5.54 Å². The maximum absolute atomic E-state index is 5.95. The molecule has 3 N–H and O–H groups in total. The second-order valence-electron chi connectivity index (χ2n) is 5.50. The molecule has 1 aromatic carbocycles. The van der Waals surface area contributed by atoms with E-state index in [0.717, 1.165) is 22.0 Å². The van der Waals surface area contributed by atoms with Crippen LogP contribution in [-0.2, 0) is 0 Å². The highest BCUT2D eigenvalue weighted by Gasteiger charge is 2.44. The van der Waals surface area contributed by atoms with Gasteiger partial charge in [-0.25, -0.2) is 0 Å². The molecule has 0 bridgehead atoms. The van der Waals surface area contributed by atoms with E-state index >= 15 is 0 Å². The molecule has 1 saturated carbocycles. The zero-order chi connectivity index (χ0) is 12.5. The molecule has 94 valence electrons. The summed E-state index contributed by atoms with van der Waals surface area (Å²) in [6.07, 6.45) is 2.37. The van der Waals surface area contributed by atoms with Crippen molar-refractivity contribution >= 4 is 21.6 Å². The molecular weight excluding hydrogens is 276 g/mol. The largest absolute Gasteiger partial charge is 0.377 e. The molecule has 1 fully saturated rings. The molecular formula is C14H21BrN2. The van der Waals surface area contributed by atoms with E-state index in [1.165, 1.54) is 12.8 Å². The van der Waals surface area contributed by atoms with Gasteiger partial charge in [-0.1, -0.05) is 26.0 Å². The van der Waals surface area contributed by atoms with Crippen LogP contribution in [0.3, 0.4) is 0 Å². The molecule has 3 heteroatoms. The fourth-order valence-corrected chi connectivity index (χ4v) is 2.97. The van der Waals surface area contributed by atoms with Crippen LogP contribution in [0.25, 0.3) is 0 Å². The lowest BCUT2D eigenvalue weighted by Crippen LogP contribution is -2.56. The predicted molar refractivity (Wildman–Crippen MR) is 77.1 cm³/mol. The molecule has 0 radical (unpaired) electrons. The minimum Gasteiger partial charge on any atom is -0.377 e. The van der Waals surface area contributed by atoms with Crippen LogP contribution in [0, 0.1) is 11.8 Å². The number of anilines is 1. The Morgan fingerprint density at radius 2 is 2.06 bits per heavy atom. The van der Waals surface area contributed by atoms with Crippen LogP contribution in [-0.4, -0.2) is 12.1 Å². The summed E-state index contributed by atoms with van der Waals surface area (Å²) >= 11 is 3.57. The molecule has 0 aromatic heterocycles. The lowest BCUT2D eigenvalue weighted by atomic mass is 9.64. The van der Waals surface area contributed by atoms with Gasteiger partial charge in [-0.2, -0.15) is 0 Å². The van der Waals surface area contributed by atoms with Crippen molar-refractivity contribution in [2.75, 3.05) is 11.9 Å². The van der Waals surface area contributed by atoms with E-state index in [1.807, 2.05) is 6.07 Å². The van der Waals surface area contributed by atoms with Gasteiger partial charge in [0.15, 0.2) is 0 Å². The first-order valence-electron chi connectivity index (χ1n) is 6.29. The summed E-state index contributed by atoms with van der Waals surface area (Å²) in [7, 11) is 0. The number of hydrogen-bond donors (Lipinski definition) is 2. The van der Waals surface area contributed by atoms with Crippen molar-refractivity contribution < 1.29 is 0 Å². The predicted octanol–water partition coefficient (Wildman–Crippen LogP) is 3.62. The van der Waals surface area contributed by atoms with Crippen molar-refractivity contribution in [1.82, 2.24) is 0 Å². The first-order valence-corrected chi connectivity index (χ1v) is 7.08. The third-order valence-corrected chi connectivity index (χ3v) is 4.60. The SMILES string of the molecule is CC(C)C1CC(CN)(Nc2ccccc2Br)C1. The van der Waals surface area contributed by atoms with Crippen LogP contribution in [0.2, 0.25) is 0 Å². The molecule has 1 aliphatic rings. The zero-order valence-corrected chi connectivity index (χ0v) is 12.1. The highest BCUT2D eigenvalue weighted by atomic mass is 79.9. The van der Waals surface area contributed by atoms with Crippen molar-refractivity contribution in [1.29, 1.82) is 0 Å². The van der Waals surface area contributed by atoms with Crippen LogP contribution >= 0.6 is 15.9 Å². The molecule has 0 saturated heterocycles. The van der Waals surface area contributed by atoms with Gasteiger partial charge in [-0.3, -0.25) is 0 Å². The Balaban J connectivity index is 2.05. The third-order valence-electron chi connectivity index (χ3n) is 3.91. The highest BCUT2D eigenvalue weighted by Crippen LogP contribution is 2.44. The van der Waals surface area contributed by atoms with Gasteiger partial charge in [0, 0.05) is 16.7 Å². The lowest BCUT2D eigenvalue weighted by molar-refractivity contribution is 0.129. The third kappa shape index (κ3) is 2.66. The molecule has 1 aliphatic carbocycles. The number of nitrogens with one attached hydrogen (secondary N) is 1. The van der Waals surface area contributed by atoms with Crippen LogP contribution in [0.4, 0.5) is 5.69 Å². The summed E-state index contributed by atoms with van der Waals surface area (Å²) in [5.74, 6) is 1.57. The molecule has 0 unspecified atom stereocenters. The molecule has 0 atom stereocenters. The summed E-state index contributed by atoms with van der Waals surface area (Å²) in [6, 6.07) is 8.24. The van der Waals surface area contributed by atoms with Gasteiger partial charge in [-0.15, -0.1) is 0 Å². The average Bonchev–Trinajstić information content (AvgIpc) is 2.25. The van der Waals surface area contributed by atoms with Gasteiger partial charge in [0.2, 0.25) is 0 Å². The van der Waals surface area contributed by atoms with E-state index < -0.39 is 0 Å². The Morgan fingerprint density at radius 1 is 1.41 bits per heavy atom. The van der Waals surface area contributed by atoms with Crippen molar-refractivity contribution in [3.05, 3.63) is 28.7 Å². The summed E-state index contributed by atoms with van der Waals surface area (Å²) in [6.45, 7) is 5.30. The molecule has 1 aromatic rings. The zero-order valence-electron chi connectivity index (χ0n) is 10.5. The van der Waals surface area contributed by atoms with Gasteiger partial charge in [0.25, 0.3) is 0 Å². The van der Waals surface area contributed by atoms with Crippen LogP contribution in [0.5, 0.6) is 0 Å². The van der Waals surface area contributed by atoms with Crippen molar-refractivity contribution in [3.8, 4) is 0 Å². The minimum atomic E-state index is 0.110. The van der Waals surface area contributed by atoms with Gasteiger partial charge < -0.3 is 11.1 Å². The number of halogens is 1. The Bertz CT molecular complexity index is 384. The summed E-state index contributed by atoms with van der Waals surface area (Å²) < 4.78 is 1.11. The topological polar surface area (TPSA) is 38.0 Å². The molecule has 2 nitrogen and oxygen atoms in total. The van der Waals surface area contributed by atoms with Crippen LogP contribution in [0.1, 0.15) is 26.7 Å². The monoisotopic (exact) mass is 296 g/mol. The second kappa shape index (κ2) is 4.99. The first-order chi connectivity index (χ1) is 8.06. The van der Waals surface area contributed by atoms with E-state index in [-0.39, 0.29) is 5.54 Å². The second-order valence-corrected chi connectivity index (χ2v) is 6.36. The lowest BCUT2D eigenvalue weighted by Gasteiger charge is -2.50. The van der Waals surface area contributed by atoms with Crippen molar-refractivity contribution in [2.45, 2.75) is 32.2 Å². The Kier molecular flexibility index (Phi) is 3.79. The van der Waals surface area contributed by atoms with Crippen molar-refractivity contribution in [3.63, 3.8) is 0 Å². The molecule has 0 amide bonds. The molecule has 2 rings (SSSR count). The van der Waals surface area contributed by atoms with Gasteiger partial charge in [-0.05, 0) is 52.7 Å². The Hall–Kier alpha value is -0.540. The van der Waals surface area contributed by atoms with Crippen molar-refractivity contribution in [2.24, 2.45) is 17.6 Å². The molecule has 0 heterocycles. The Morgan fingerprint density at radius 3 is 2.59 bits per heavy atom. The molecule has 0 spiro atoms. The van der Waals surface area contributed by atoms with E-state index in [2.05, 4.69) is 53.3 Å². The van der Waals surface area contributed by atoms with Gasteiger partial charge in [0.1, 0.15) is 0 Å². The minimum absolute atomic E-state index is 0.110. The summed E-state index contributed by atoms with van der Waals surface area (Å²) in [5.41, 5.74) is 7.21. The fraction of sp³-hybridized carbons (Fsp3) is 0.571. The highest BCUT2D eigenvalue weighted by molar-refractivity contribution is 9.10. The number of benzene rings is 1. The van der Waals surface area contributed by atoms with E-state index in [0.29, 0.717) is 6.54 Å². The smallest absolute Gasteiger partial charge is 0.0501 e. The molecule has 17 heavy (non-hydrogen) atoms. The maximum atomic E-state index is 5.95. The van der Waals surface area contributed by atoms with E-state index in [4.69, 9.17) is 5.73 Å². The quantitative estimate of drug-likeness (QED) is 0.890. The summed E-state index contributed by atoms with van der Waals surface area (Å²) in [4.78, 5) is 0. The Labute approximate surface area is 112 Å². The number of hydrogen-bond acceptors (Lipinski definition) is 2. The van der Waals surface area contributed by atoms with E-state index in [9.17, 15) is 0 Å². The maximum Gasteiger partial charge on any atom is 0.0501 e. The molecule has 0 aliphatic heterocycles. The average molecular weight is 297 g/mol. The standard InChI is InChI=1S/C14H21BrN2/c1-10(2)11-7-14(8-11,9-16)17-13-6-4-3-5-12(13)15/h3-6,10-11,17H,7-9,16H2,1-2H3. The number of nitrogens with two attached hydrogens (primary N) is 1. The van der Waals surface area contributed by atoms with E-state index in [1.54, 1.807) is 0 Å².